The van der Waals surface area contributed by atoms with Crippen LogP contribution >= 0.6 is 0 Å². The molecule has 0 atom stereocenters. The van der Waals surface area contributed by atoms with Gasteiger partial charge in [0, 0.05) is 19.4 Å². The molecule has 0 aliphatic rings. The molecule has 0 heterocycles. The van der Waals surface area contributed by atoms with Gasteiger partial charge in [-0.05, 0) is 46.2 Å². The van der Waals surface area contributed by atoms with Crippen molar-refractivity contribution >= 4 is 11.7 Å². The third kappa shape index (κ3) is 10.9. The first-order valence-electron chi connectivity index (χ1n) is 7.64. The Bertz CT molecular complexity index is 270. The van der Waals surface area contributed by atoms with Crippen LogP contribution in [0, 0.1) is 0 Å². The average Bonchev–Trinajstić information content (AvgIpc) is 2.42. The van der Waals surface area contributed by atoms with Crippen LogP contribution in [0.2, 0.25) is 0 Å². The Morgan fingerprint density at radius 2 is 1.65 bits per heavy atom. The van der Waals surface area contributed by atoms with Gasteiger partial charge in [-0.3, -0.25) is 4.79 Å². The molecule has 0 aliphatic heterocycles. The SMILES string of the molecule is CNCCCCCC(=O)N(CO)CCCCCC(C)=O. The predicted octanol–water partition coefficient (Wildman–Crippen LogP) is 1.69. The zero-order chi connectivity index (χ0) is 15.2. The van der Waals surface area contributed by atoms with E-state index < -0.39 is 0 Å². The topological polar surface area (TPSA) is 69.6 Å². The summed E-state index contributed by atoms with van der Waals surface area (Å²) in [6.45, 7) is 2.96. The number of rotatable bonds is 13. The van der Waals surface area contributed by atoms with E-state index in [4.69, 9.17) is 0 Å². The van der Waals surface area contributed by atoms with Crippen LogP contribution in [-0.4, -0.2) is 48.6 Å². The van der Waals surface area contributed by atoms with Crippen LogP contribution < -0.4 is 5.32 Å². The number of nitrogens with zero attached hydrogens (tertiary/aromatic N) is 1. The molecular weight excluding hydrogens is 256 g/mol. The van der Waals surface area contributed by atoms with E-state index in [0.717, 1.165) is 45.1 Å². The molecular formula is C15H30N2O3. The molecule has 0 fully saturated rings. The van der Waals surface area contributed by atoms with Crippen molar-refractivity contribution in [3.05, 3.63) is 0 Å². The molecule has 0 rings (SSSR count). The second kappa shape index (κ2) is 13.1. The molecule has 0 saturated carbocycles. The summed E-state index contributed by atoms with van der Waals surface area (Å²) in [6, 6.07) is 0. The van der Waals surface area contributed by atoms with Crippen LogP contribution in [-0.2, 0) is 9.59 Å². The van der Waals surface area contributed by atoms with Gasteiger partial charge in [0.15, 0.2) is 0 Å². The maximum Gasteiger partial charge on any atom is 0.224 e. The average molecular weight is 286 g/mol. The Labute approximate surface area is 122 Å². The molecule has 5 heteroatoms. The second-order valence-corrected chi connectivity index (χ2v) is 5.23. The van der Waals surface area contributed by atoms with E-state index in [-0.39, 0.29) is 18.4 Å². The van der Waals surface area contributed by atoms with Crippen molar-refractivity contribution in [2.75, 3.05) is 26.9 Å². The number of carbonyl (C=O) groups excluding carboxylic acids is 2. The number of ketones is 1. The minimum absolute atomic E-state index is 0.0310. The normalized spacial score (nSPS) is 10.6. The molecule has 0 radical (unpaired) electrons. The molecule has 0 saturated heterocycles. The number of carbonyl (C=O) groups is 2. The minimum atomic E-state index is -0.206. The van der Waals surface area contributed by atoms with Gasteiger partial charge < -0.3 is 20.1 Å². The van der Waals surface area contributed by atoms with E-state index in [9.17, 15) is 14.7 Å². The first-order chi connectivity index (χ1) is 9.61. The Hall–Kier alpha value is -0.940. The molecule has 1 amide bonds. The highest BCUT2D eigenvalue weighted by Gasteiger charge is 2.11. The van der Waals surface area contributed by atoms with Crippen molar-refractivity contribution in [3.63, 3.8) is 0 Å². The van der Waals surface area contributed by atoms with Crippen molar-refractivity contribution in [1.29, 1.82) is 0 Å². The standard InChI is InChI=1S/C15H30N2O3/c1-14(19)9-5-4-8-12-17(13-18)15(20)10-6-3-7-11-16-2/h16,18H,3-13H2,1-2H3. The first kappa shape index (κ1) is 19.1. The van der Waals surface area contributed by atoms with Crippen molar-refractivity contribution in [3.8, 4) is 0 Å². The molecule has 2 N–H and O–H groups in total. The Morgan fingerprint density at radius 3 is 2.25 bits per heavy atom. The van der Waals surface area contributed by atoms with Gasteiger partial charge in [0.1, 0.15) is 12.5 Å². The summed E-state index contributed by atoms with van der Waals surface area (Å²) >= 11 is 0. The van der Waals surface area contributed by atoms with Crippen LogP contribution in [0.25, 0.3) is 0 Å². The monoisotopic (exact) mass is 286 g/mol. The summed E-state index contributed by atoms with van der Waals surface area (Å²) in [7, 11) is 1.92. The molecule has 0 spiro atoms. The zero-order valence-electron chi connectivity index (χ0n) is 13.0. The summed E-state index contributed by atoms with van der Waals surface area (Å²) < 4.78 is 0. The van der Waals surface area contributed by atoms with E-state index in [0.29, 0.717) is 19.4 Å². The van der Waals surface area contributed by atoms with E-state index >= 15 is 0 Å². The molecule has 5 nitrogen and oxygen atoms in total. The predicted molar refractivity (Wildman–Crippen MR) is 80.3 cm³/mol. The summed E-state index contributed by atoms with van der Waals surface area (Å²) in [5.41, 5.74) is 0. The number of amides is 1. The number of hydrogen-bond donors (Lipinski definition) is 2. The molecule has 0 aromatic heterocycles. The van der Waals surface area contributed by atoms with Crippen LogP contribution in [0.1, 0.15) is 58.3 Å². The summed E-state index contributed by atoms with van der Waals surface area (Å²) in [5.74, 6) is 0.241. The number of unbranched alkanes of at least 4 members (excludes halogenated alkanes) is 4. The van der Waals surface area contributed by atoms with E-state index in [1.54, 1.807) is 6.92 Å². The lowest BCUT2D eigenvalue weighted by Crippen LogP contribution is -2.32. The van der Waals surface area contributed by atoms with Gasteiger partial charge in [0.2, 0.25) is 5.91 Å². The number of aliphatic hydroxyl groups excluding tert-OH is 1. The number of aliphatic hydroxyl groups is 1. The van der Waals surface area contributed by atoms with Crippen molar-refractivity contribution in [2.24, 2.45) is 0 Å². The highest BCUT2D eigenvalue weighted by molar-refractivity contribution is 5.76. The van der Waals surface area contributed by atoms with Crippen molar-refractivity contribution in [2.45, 2.75) is 58.3 Å². The third-order valence-corrected chi connectivity index (χ3v) is 3.30. The lowest BCUT2D eigenvalue weighted by molar-refractivity contribution is -0.135. The van der Waals surface area contributed by atoms with Gasteiger partial charge in [0.25, 0.3) is 0 Å². The quantitative estimate of drug-likeness (QED) is 0.399. The zero-order valence-corrected chi connectivity index (χ0v) is 13.0. The van der Waals surface area contributed by atoms with E-state index in [2.05, 4.69) is 5.32 Å². The summed E-state index contributed by atoms with van der Waals surface area (Å²) in [5, 5.41) is 12.3. The summed E-state index contributed by atoms with van der Waals surface area (Å²) in [4.78, 5) is 24.2. The smallest absolute Gasteiger partial charge is 0.224 e. The molecule has 0 bridgehead atoms. The van der Waals surface area contributed by atoms with Gasteiger partial charge in [0.05, 0.1) is 0 Å². The lowest BCUT2D eigenvalue weighted by Gasteiger charge is -2.19. The minimum Gasteiger partial charge on any atom is -0.376 e. The maximum absolute atomic E-state index is 11.9. The molecule has 0 aromatic carbocycles. The van der Waals surface area contributed by atoms with Crippen LogP contribution in [0.15, 0.2) is 0 Å². The van der Waals surface area contributed by atoms with Crippen molar-refractivity contribution in [1.82, 2.24) is 10.2 Å². The van der Waals surface area contributed by atoms with Crippen molar-refractivity contribution < 1.29 is 14.7 Å². The Balaban J connectivity index is 3.66. The first-order valence-corrected chi connectivity index (χ1v) is 7.64. The Morgan fingerprint density at radius 1 is 1.00 bits per heavy atom. The second-order valence-electron chi connectivity index (χ2n) is 5.23. The molecule has 20 heavy (non-hydrogen) atoms. The largest absolute Gasteiger partial charge is 0.376 e. The fourth-order valence-electron chi connectivity index (χ4n) is 2.04. The highest BCUT2D eigenvalue weighted by Crippen LogP contribution is 2.06. The third-order valence-electron chi connectivity index (χ3n) is 3.30. The van der Waals surface area contributed by atoms with E-state index in [1.165, 1.54) is 4.90 Å². The van der Waals surface area contributed by atoms with Gasteiger partial charge in [-0.25, -0.2) is 0 Å². The number of Topliss-reactive ketones (excluding diaryl/α,β-unsaturated/α-hetero) is 1. The fourth-order valence-corrected chi connectivity index (χ4v) is 2.04. The molecule has 0 unspecified atom stereocenters. The Kier molecular flexibility index (Phi) is 12.4. The maximum atomic E-state index is 11.9. The van der Waals surface area contributed by atoms with Crippen LogP contribution in [0.3, 0.4) is 0 Å². The highest BCUT2D eigenvalue weighted by atomic mass is 16.3. The number of hydrogen-bond acceptors (Lipinski definition) is 4. The van der Waals surface area contributed by atoms with Gasteiger partial charge in [-0.2, -0.15) is 0 Å². The molecule has 0 aliphatic carbocycles. The van der Waals surface area contributed by atoms with E-state index in [1.807, 2.05) is 7.05 Å². The molecule has 0 aromatic rings. The van der Waals surface area contributed by atoms with Gasteiger partial charge in [-0.15, -0.1) is 0 Å². The summed E-state index contributed by atoms with van der Waals surface area (Å²) in [6.07, 6.45) is 6.74. The fraction of sp³-hybridized carbons (Fsp3) is 0.867. The van der Waals surface area contributed by atoms with Gasteiger partial charge >= 0.3 is 0 Å². The lowest BCUT2D eigenvalue weighted by atomic mass is 10.1. The van der Waals surface area contributed by atoms with Gasteiger partial charge in [-0.1, -0.05) is 12.8 Å². The van der Waals surface area contributed by atoms with Crippen LogP contribution in [0.4, 0.5) is 0 Å². The molecule has 118 valence electrons. The van der Waals surface area contributed by atoms with Crippen LogP contribution in [0.5, 0.6) is 0 Å². The number of nitrogens with one attached hydrogen (secondary N) is 1.